The largest absolute Gasteiger partial charge is 0.320 e. The monoisotopic (exact) mass is 269 g/mol. The zero-order valence-electron chi connectivity index (χ0n) is 10.8. The Morgan fingerprint density at radius 2 is 1.79 bits per heavy atom. The van der Waals surface area contributed by atoms with Gasteiger partial charge in [-0.3, -0.25) is 4.68 Å². The van der Waals surface area contributed by atoms with Crippen molar-refractivity contribution in [2.45, 2.75) is 19.9 Å². The fourth-order valence-corrected chi connectivity index (χ4v) is 2.18. The summed E-state index contributed by atoms with van der Waals surface area (Å²) >= 11 is 0. The molecule has 0 saturated carbocycles. The Morgan fingerprint density at radius 3 is 2.32 bits per heavy atom. The SMILES string of the molecule is Cc1nn(C)c(C)c1C(N)c1ccc(F)c(F)c1F. The fraction of sp³-hybridized carbons (Fsp3) is 0.308. The van der Waals surface area contributed by atoms with E-state index in [4.69, 9.17) is 5.73 Å². The van der Waals surface area contributed by atoms with Gasteiger partial charge in [-0.25, -0.2) is 13.2 Å². The Hall–Kier alpha value is -1.82. The Kier molecular flexibility index (Phi) is 3.36. The Bertz CT molecular complexity index is 635. The van der Waals surface area contributed by atoms with E-state index in [1.165, 1.54) is 0 Å². The third-order valence-electron chi connectivity index (χ3n) is 3.28. The van der Waals surface area contributed by atoms with Crippen LogP contribution in [0.1, 0.15) is 28.6 Å². The average molecular weight is 269 g/mol. The number of rotatable bonds is 2. The van der Waals surface area contributed by atoms with Gasteiger partial charge in [0.2, 0.25) is 0 Å². The smallest absolute Gasteiger partial charge is 0.194 e. The van der Waals surface area contributed by atoms with E-state index in [1.807, 2.05) is 0 Å². The molecule has 0 aliphatic rings. The third kappa shape index (κ3) is 2.12. The molecule has 1 aromatic carbocycles. The molecule has 0 spiro atoms. The maximum Gasteiger partial charge on any atom is 0.194 e. The highest BCUT2D eigenvalue weighted by atomic mass is 19.2. The van der Waals surface area contributed by atoms with Crippen molar-refractivity contribution >= 4 is 0 Å². The van der Waals surface area contributed by atoms with E-state index in [1.54, 1.807) is 25.6 Å². The number of nitrogens with zero attached hydrogens (tertiary/aromatic N) is 2. The number of nitrogens with two attached hydrogens (primary N) is 1. The normalized spacial score (nSPS) is 12.8. The molecule has 3 nitrogen and oxygen atoms in total. The van der Waals surface area contributed by atoms with Crippen LogP contribution in [0.3, 0.4) is 0 Å². The van der Waals surface area contributed by atoms with E-state index in [-0.39, 0.29) is 5.56 Å². The van der Waals surface area contributed by atoms with E-state index in [9.17, 15) is 13.2 Å². The fourth-order valence-electron chi connectivity index (χ4n) is 2.18. The van der Waals surface area contributed by atoms with Crippen molar-refractivity contribution < 1.29 is 13.2 Å². The van der Waals surface area contributed by atoms with Gasteiger partial charge >= 0.3 is 0 Å². The molecule has 0 amide bonds. The molecule has 1 heterocycles. The molecule has 0 bridgehead atoms. The summed E-state index contributed by atoms with van der Waals surface area (Å²) in [4.78, 5) is 0. The molecule has 1 atom stereocenters. The van der Waals surface area contributed by atoms with Gasteiger partial charge < -0.3 is 5.73 Å². The molecule has 0 aliphatic carbocycles. The Balaban J connectivity index is 2.56. The van der Waals surface area contributed by atoms with Crippen molar-refractivity contribution in [3.05, 3.63) is 52.1 Å². The minimum Gasteiger partial charge on any atom is -0.320 e. The lowest BCUT2D eigenvalue weighted by molar-refractivity contribution is 0.438. The Morgan fingerprint density at radius 1 is 1.16 bits per heavy atom. The molecule has 2 N–H and O–H groups in total. The van der Waals surface area contributed by atoms with Crippen molar-refractivity contribution in [3.8, 4) is 0 Å². The molecule has 0 radical (unpaired) electrons. The van der Waals surface area contributed by atoms with Crippen LogP contribution in [0.15, 0.2) is 12.1 Å². The highest BCUT2D eigenvalue weighted by Gasteiger charge is 2.23. The van der Waals surface area contributed by atoms with Crippen molar-refractivity contribution in [1.82, 2.24) is 9.78 Å². The minimum atomic E-state index is -1.51. The summed E-state index contributed by atoms with van der Waals surface area (Å²) in [7, 11) is 1.74. The molecular formula is C13H14F3N3. The second-order valence-corrected chi connectivity index (χ2v) is 4.45. The van der Waals surface area contributed by atoms with E-state index < -0.39 is 23.5 Å². The highest BCUT2D eigenvalue weighted by Crippen LogP contribution is 2.28. The van der Waals surface area contributed by atoms with Crippen LogP contribution in [0.5, 0.6) is 0 Å². The first-order valence-electron chi connectivity index (χ1n) is 5.73. The van der Waals surface area contributed by atoms with Gasteiger partial charge in [-0.2, -0.15) is 5.10 Å². The number of hydrogen-bond donors (Lipinski definition) is 1. The number of hydrogen-bond acceptors (Lipinski definition) is 2. The Labute approximate surface area is 108 Å². The second kappa shape index (κ2) is 4.70. The molecule has 0 fully saturated rings. The van der Waals surface area contributed by atoms with Crippen LogP contribution in [0.2, 0.25) is 0 Å². The van der Waals surface area contributed by atoms with Crippen molar-refractivity contribution in [3.63, 3.8) is 0 Å². The van der Waals surface area contributed by atoms with Gasteiger partial charge in [0.1, 0.15) is 0 Å². The molecule has 6 heteroatoms. The van der Waals surface area contributed by atoms with Gasteiger partial charge in [0.25, 0.3) is 0 Å². The minimum absolute atomic E-state index is 0.0851. The summed E-state index contributed by atoms with van der Waals surface area (Å²) in [5.41, 5.74) is 7.90. The maximum absolute atomic E-state index is 13.7. The summed E-state index contributed by atoms with van der Waals surface area (Å²) in [6.45, 7) is 3.52. The van der Waals surface area contributed by atoms with Gasteiger partial charge in [0, 0.05) is 23.9 Å². The number of halogens is 3. The van der Waals surface area contributed by atoms with E-state index in [0.29, 0.717) is 11.3 Å². The van der Waals surface area contributed by atoms with E-state index in [0.717, 1.165) is 17.8 Å². The summed E-state index contributed by atoms with van der Waals surface area (Å²) in [6, 6.07) is 1.14. The number of aryl methyl sites for hydroxylation is 2. The van der Waals surface area contributed by atoms with Gasteiger partial charge in [-0.1, -0.05) is 6.07 Å². The van der Waals surface area contributed by atoms with Gasteiger partial charge in [0.05, 0.1) is 11.7 Å². The summed E-state index contributed by atoms with van der Waals surface area (Å²) in [5.74, 6) is -3.99. The van der Waals surface area contributed by atoms with Gasteiger partial charge in [-0.15, -0.1) is 0 Å². The first kappa shape index (κ1) is 13.6. The lowest BCUT2D eigenvalue weighted by Crippen LogP contribution is -2.16. The predicted octanol–water partition coefficient (Wildman–Crippen LogP) is 2.50. The van der Waals surface area contributed by atoms with Crippen molar-refractivity contribution in [2.75, 3.05) is 0 Å². The molecule has 1 aromatic heterocycles. The molecular weight excluding hydrogens is 255 g/mol. The van der Waals surface area contributed by atoms with Gasteiger partial charge in [0.15, 0.2) is 17.5 Å². The van der Waals surface area contributed by atoms with Crippen molar-refractivity contribution in [1.29, 1.82) is 0 Å². The van der Waals surface area contributed by atoms with Crippen LogP contribution >= 0.6 is 0 Å². The lowest BCUT2D eigenvalue weighted by atomic mass is 9.97. The van der Waals surface area contributed by atoms with Crippen LogP contribution in [0.4, 0.5) is 13.2 Å². The first-order valence-corrected chi connectivity index (χ1v) is 5.73. The zero-order chi connectivity index (χ0) is 14.3. The zero-order valence-corrected chi connectivity index (χ0v) is 10.8. The van der Waals surface area contributed by atoms with Crippen LogP contribution in [0, 0.1) is 31.3 Å². The first-order chi connectivity index (χ1) is 8.84. The number of benzene rings is 1. The maximum atomic E-state index is 13.7. The summed E-state index contributed by atoms with van der Waals surface area (Å²) in [6.07, 6.45) is 0. The molecule has 1 unspecified atom stereocenters. The third-order valence-corrected chi connectivity index (χ3v) is 3.28. The average Bonchev–Trinajstić information content (AvgIpc) is 2.60. The molecule has 2 aromatic rings. The van der Waals surface area contributed by atoms with E-state index in [2.05, 4.69) is 5.10 Å². The summed E-state index contributed by atoms with van der Waals surface area (Å²) < 4.78 is 41.5. The molecule has 0 saturated heterocycles. The van der Waals surface area contributed by atoms with Crippen LogP contribution in [-0.4, -0.2) is 9.78 Å². The summed E-state index contributed by atoms with van der Waals surface area (Å²) in [5, 5.41) is 4.17. The molecule has 102 valence electrons. The second-order valence-electron chi connectivity index (χ2n) is 4.45. The molecule has 19 heavy (non-hydrogen) atoms. The topological polar surface area (TPSA) is 43.8 Å². The van der Waals surface area contributed by atoms with E-state index >= 15 is 0 Å². The standard InChI is InChI=1S/C13H14F3N3/c1-6-10(7(2)19(3)18-6)13(17)8-4-5-9(14)12(16)11(8)15/h4-5,13H,17H2,1-3H3. The predicted molar refractivity (Wildman–Crippen MR) is 65.0 cm³/mol. The van der Waals surface area contributed by atoms with Crippen LogP contribution in [0.25, 0.3) is 0 Å². The van der Waals surface area contributed by atoms with Crippen molar-refractivity contribution in [2.24, 2.45) is 12.8 Å². The van der Waals surface area contributed by atoms with Crippen LogP contribution in [-0.2, 0) is 7.05 Å². The lowest BCUT2D eigenvalue weighted by Gasteiger charge is -2.14. The quantitative estimate of drug-likeness (QED) is 0.851. The highest BCUT2D eigenvalue weighted by molar-refractivity contribution is 5.37. The molecule has 0 aliphatic heterocycles. The van der Waals surface area contributed by atoms with Crippen LogP contribution < -0.4 is 5.73 Å². The molecule has 2 rings (SSSR count). The van der Waals surface area contributed by atoms with Gasteiger partial charge in [-0.05, 0) is 19.9 Å². The number of aromatic nitrogens is 2.